The van der Waals surface area contributed by atoms with E-state index in [4.69, 9.17) is 4.74 Å². The molecule has 2 amide bonds. The van der Waals surface area contributed by atoms with Crippen LogP contribution in [0.25, 0.3) is 0 Å². The highest BCUT2D eigenvalue weighted by Crippen LogP contribution is 2.14. The standard InChI is InChI=1S/C14H21N3O3/c1-3-16-13(18)8-9-15-10-14(19)17-11-4-6-12(20-2)7-5-11/h4-7,15H,3,8-10H2,1-2H3,(H,16,18)(H,17,19). The fourth-order valence-electron chi connectivity index (χ4n) is 1.57. The van der Waals surface area contributed by atoms with Gasteiger partial charge in [0.2, 0.25) is 11.8 Å². The van der Waals surface area contributed by atoms with Crippen LogP contribution in [0.5, 0.6) is 5.75 Å². The Labute approximate surface area is 118 Å². The molecule has 0 radical (unpaired) electrons. The summed E-state index contributed by atoms with van der Waals surface area (Å²) in [4.78, 5) is 22.8. The number of rotatable bonds is 8. The van der Waals surface area contributed by atoms with E-state index < -0.39 is 0 Å². The number of amides is 2. The minimum absolute atomic E-state index is 0.0180. The van der Waals surface area contributed by atoms with Gasteiger partial charge in [0.1, 0.15) is 5.75 Å². The van der Waals surface area contributed by atoms with Crippen LogP contribution in [0.3, 0.4) is 0 Å². The van der Waals surface area contributed by atoms with Gasteiger partial charge in [-0.15, -0.1) is 0 Å². The normalized spacial score (nSPS) is 9.90. The van der Waals surface area contributed by atoms with E-state index in [0.717, 1.165) is 5.75 Å². The monoisotopic (exact) mass is 279 g/mol. The lowest BCUT2D eigenvalue weighted by Gasteiger charge is -2.07. The Bertz CT molecular complexity index is 432. The molecule has 0 saturated heterocycles. The van der Waals surface area contributed by atoms with Crippen LogP contribution in [0.1, 0.15) is 13.3 Å². The molecule has 6 heteroatoms. The molecule has 1 rings (SSSR count). The molecular weight excluding hydrogens is 258 g/mol. The van der Waals surface area contributed by atoms with Crippen molar-refractivity contribution in [2.45, 2.75) is 13.3 Å². The van der Waals surface area contributed by atoms with Crippen LogP contribution in [-0.4, -0.2) is 38.6 Å². The molecule has 0 unspecified atom stereocenters. The number of hydrogen-bond acceptors (Lipinski definition) is 4. The molecule has 0 aliphatic heterocycles. The smallest absolute Gasteiger partial charge is 0.238 e. The molecular formula is C14H21N3O3. The van der Waals surface area contributed by atoms with E-state index in [0.29, 0.717) is 25.2 Å². The summed E-state index contributed by atoms with van der Waals surface area (Å²) in [5.74, 6) is 0.574. The molecule has 0 bridgehead atoms. The maximum Gasteiger partial charge on any atom is 0.238 e. The van der Waals surface area contributed by atoms with E-state index in [1.165, 1.54) is 0 Å². The summed E-state index contributed by atoms with van der Waals surface area (Å²) in [7, 11) is 1.59. The Morgan fingerprint density at radius 2 is 1.85 bits per heavy atom. The third-order valence-electron chi connectivity index (χ3n) is 2.56. The number of nitrogens with one attached hydrogen (secondary N) is 3. The van der Waals surface area contributed by atoms with E-state index >= 15 is 0 Å². The second-order valence-corrected chi connectivity index (χ2v) is 4.16. The van der Waals surface area contributed by atoms with Crippen LogP contribution in [0.2, 0.25) is 0 Å². The first-order valence-corrected chi connectivity index (χ1v) is 6.57. The molecule has 6 nitrogen and oxygen atoms in total. The van der Waals surface area contributed by atoms with E-state index in [1.54, 1.807) is 31.4 Å². The Balaban J connectivity index is 2.21. The number of methoxy groups -OCH3 is 1. The summed E-state index contributed by atoms with van der Waals surface area (Å²) < 4.78 is 5.03. The highest BCUT2D eigenvalue weighted by Gasteiger charge is 2.03. The maximum absolute atomic E-state index is 11.6. The molecule has 0 fully saturated rings. The molecule has 0 atom stereocenters. The van der Waals surface area contributed by atoms with Crippen molar-refractivity contribution in [3.05, 3.63) is 24.3 Å². The summed E-state index contributed by atoms with van der Waals surface area (Å²) in [6.07, 6.45) is 0.365. The first kappa shape index (κ1) is 16.0. The van der Waals surface area contributed by atoms with E-state index in [2.05, 4.69) is 16.0 Å². The number of anilines is 1. The molecule has 1 aromatic rings. The van der Waals surface area contributed by atoms with Crippen LogP contribution in [0.4, 0.5) is 5.69 Å². The first-order valence-electron chi connectivity index (χ1n) is 6.57. The third-order valence-corrected chi connectivity index (χ3v) is 2.56. The van der Waals surface area contributed by atoms with Gasteiger partial charge >= 0.3 is 0 Å². The number of ether oxygens (including phenoxy) is 1. The van der Waals surface area contributed by atoms with Crippen molar-refractivity contribution in [2.24, 2.45) is 0 Å². The number of hydrogen-bond donors (Lipinski definition) is 3. The molecule has 20 heavy (non-hydrogen) atoms. The molecule has 0 heterocycles. The van der Waals surface area contributed by atoms with Crippen molar-refractivity contribution >= 4 is 17.5 Å². The molecule has 0 aliphatic rings. The predicted octanol–water partition coefficient (Wildman–Crippen LogP) is 0.749. The number of carbonyl (C=O) groups excluding carboxylic acids is 2. The van der Waals surface area contributed by atoms with Crippen LogP contribution in [0, 0.1) is 0 Å². The zero-order valence-corrected chi connectivity index (χ0v) is 11.9. The Kier molecular flexibility index (Phi) is 7.13. The topological polar surface area (TPSA) is 79.5 Å². The molecule has 1 aromatic carbocycles. The van der Waals surface area contributed by atoms with Gasteiger partial charge in [0.05, 0.1) is 13.7 Å². The van der Waals surface area contributed by atoms with Gasteiger partial charge in [-0.25, -0.2) is 0 Å². The summed E-state index contributed by atoms with van der Waals surface area (Å²) in [5, 5.41) is 8.36. The van der Waals surface area contributed by atoms with Crippen molar-refractivity contribution in [3.63, 3.8) is 0 Å². The van der Waals surface area contributed by atoms with E-state index in [-0.39, 0.29) is 18.4 Å². The SMILES string of the molecule is CCNC(=O)CCNCC(=O)Nc1ccc(OC)cc1. The van der Waals surface area contributed by atoms with Gasteiger partial charge in [0.25, 0.3) is 0 Å². The molecule has 3 N–H and O–H groups in total. The number of carbonyl (C=O) groups is 2. The zero-order valence-electron chi connectivity index (χ0n) is 11.9. The highest BCUT2D eigenvalue weighted by atomic mass is 16.5. The van der Waals surface area contributed by atoms with Crippen LogP contribution in [-0.2, 0) is 9.59 Å². The van der Waals surface area contributed by atoms with Crippen molar-refractivity contribution in [3.8, 4) is 5.75 Å². The van der Waals surface area contributed by atoms with Gasteiger partial charge in [0.15, 0.2) is 0 Å². The Hall–Kier alpha value is -2.08. The Morgan fingerprint density at radius 1 is 1.15 bits per heavy atom. The second-order valence-electron chi connectivity index (χ2n) is 4.16. The van der Waals surface area contributed by atoms with Gasteiger partial charge in [0, 0.05) is 25.2 Å². The van der Waals surface area contributed by atoms with Crippen LogP contribution < -0.4 is 20.7 Å². The Morgan fingerprint density at radius 3 is 2.45 bits per heavy atom. The van der Waals surface area contributed by atoms with Crippen molar-refractivity contribution in [1.82, 2.24) is 10.6 Å². The summed E-state index contributed by atoms with van der Waals surface area (Å²) in [6, 6.07) is 7.09. The lowest BCUT2D eigenvalue weighted by atomic mass is 10.3. The molecule has 0 saturated carbocycles. The van der Waals surface area contributed by atoms with Gasteiger partial charge in [-0.2, -0.15) is 0 Å². The van der Waals surface area contributed by atoms with E-state index in [9.17, 15) is 9.59 Å². The quantitative estimate of drug-likeness (QED) is 0.614. The van der Waals surface area contributed by atoms with Crippen molar-refractivity contribution < 1.29 is 14.3 Å². The lowest BCUT2D eigenvalue weighted by Crippen LogP contribution is -2.32. The predicted molar refractivity (Wildman–Crippen MR) is 77.8 cm³/mol. The lowest BCUT2D eigenvalue weighted by molar-refractivity contribution is -0.121. The molecule has 0 aliphatic carbocycles. The van der Waals surface area contributed by atoms with Gasteiger partial charge < -0.3 is 20.7 Å². The summed E-state index contributed by atoms with van der Waals surface area (Å²) in [5.41, 5.74) is 0.710. The number of benzene rings is 1. The maximum atomic E-state index is 11.6. The minimum Gasteiger partial charge on any atom is -0.497 e. The average Bonchev–Trinajstić information content (AvgIpc) is 2.45. The largest absolute Gasteiger partial charge is 0.497 e. The second kappa shape index (κ2) is 8.92. The van der Waals surface area contributed by atoms with Gasteiger partial charge in [-0.05, 0) is 31.2 Å². The van der Waals surface area contributed by atoms with Gasteiger partial charge in [-0.1, -0.05) is 0 Å². The van der Waals surface area contributed by atoms with E-state index in [1.807, 2.05) is 6.92 Å². The van der Waals surface area contributed by atoms with Crippen LogP contribution in [0.15, 0.2) is 24.3 Å². The van der Waals surface area contributed by atoms with Crippen LogP contribution >= 0.6 is 0 Å². The highest BCUT2D eigenvalue weighted by molar-refractivity contribution is 5.92. The molecule has 110 valence electrons. The summed E-state index contributed by atoms with van der Waals surface area (Å²) in [6.45, 7) is 3.14. The zero-order chi connectivity index (χ0) is 14.8. The van der Waals surface area contributed by atoms with Crippen molar-refractivity contribution in [2.75, 3.05) is 32.1 Å². The minimum atomic E-state index is -0.147. The fourth-order valence-corrected chi connectivity index (χ4v) is 1.57. The van der Waals surface area contributed by atoms with Gasteiger partial charge in [-0.3, -0.25) is 9.59 Å². The molecule has 0 aromatic heterocycles. The average molecular weight is 279 g/mol. The van der Waals surface area contributed by atoms with Crippen molar-refractivity contribution in [1.29, 1.82) is 0 Å². The first-order chi connectivity index (χ1) is 9.65. The fraction of sp³-hybridized carbons (Fsp3) is 0.429. The third kappa shape index (κ3) is 6.19. The summed E-state index contributed by atoms with van der Waals surface area (Å²) >= 11 is 0. The molecule has 0 spiro atoms.